The second-order valence-electron chi connectivity index (χ2n) is 6.45. The van der Waals surface area contributed by atoms with Gasteiger partial charge in [0.15, 0.2) is 0 Å². The van der Waals surface area contributed by atoms with Crippen LogP contribution in [-0.2, 0) is 17.1 Å². The minimum Gasteiger partial charge on any atom is -0.398 e. The van der Waals surface area contributed by atoms with Gasteiger partial charge >= 0.3 is 12.4 Å². The normalized spacial score (nSPS) is 13.0. The number of nitrogens with two attached hydrogens (primary N) is 2. The Morgan fingerprint density at radius 1 is 1.03 bits per heavy atom. The van der Waals surface area contributed by atoms with Crippen molar-refractivity contribution in [3.63, 3.8) is 0 Å². The Kier molecular flexibility index (Phi) is 6.76. The fourth-order valence-electron chi connectivity index (χ4n) is 2.80. The average Bonchev–Trinajstić information content (AvgIpc) is 2.65. The van der Waals surface area contributed by atoms with Gasteiger partial charge in [0.2, 0.25) is 5.91 Å². The number of halogens is 6. The standard InChI is InChI=1S/C19H18F6N4O/c20-18(21,22)12-5-10(6-13(8-12)19(23,24)25)15(3-4-26)17(30)29-14-1-2-16(28)11(7-14)9-27/h1-2,5-9,15,27H,3-4,26,28H2,(H,29,30). The number of rotatable bonds is 6. The molecule has 0 aliphatic rings. The van der Waals surface area contributed by atoms with E-state index in [0.29, 0.717) is 12.1 Å². The Bertz CT molecular complexity index is 907. The second-order valence-corrected chi connectivity index (χ2v) is 6.45. The number of benzene rings is 2. The van der Waals surface area contributed by atoms with Crippen LogP contribution >= 0.6 is 0 Å². The van der Waals surface area contributed by atoms with Gasteiger partial charge in [-0.1, -0.05) is 0 Å². The molecule has 0 spiro atoms. The summed E-state index contributed by atoms with van der Waals surface area (Å²) >= 11 is 0. The van der Waals surface area contributed by atoms with Crippen molar-refractivity contribution in [1.29, 1.82) is 5.41 Å². The molecule has 0 bridgehead atoms. The van der Waals surface area contributed by atoms with Crippen LogP contribution in [0.4, 0.5) is 37.7 Å². The highest BCUT2D eigenvalue weighted by Gasteiger charge is 2.38. The third-order valence-corrected chi connectivity index (χ3v) is 4.29. The molecule has 0 radical (unpaired) electrons. The topological polar surface area (TPSA) is 105 Å². The van der Waals surface area contributed by atoms with Crippen LogP contribution in [0.2, 0.25) is 0 Å². The number of amides is 1. The van der Waals surface area contributed by atoms with Gasteiger partial charge in [-0.2, -0.15) is 26.3 Å². The van der Waals surface area contributed by atoms with E-state index in [1.807, 2.05) is 0 Å². The molecule has 0 saturated carbocycles. The van der Waals surface area contributed by atoms with E-state index in [0.717, 1.165) is 6.21 Å². The molecule has 2 aromatic rings. The van der Waals surface area contributed by atoms with Gasteiger partial charge in [0.05, 0.1) is 17.0 Å². The zero-order valence-corrected chi connectivity index (χ0v) is 15.4. The average molecular weight is 432 g/mol. The highest BCUT2D eigenvalue weighted by Crippen LogP contribution is 2.38. The molecule has 1 atom stereocenters. The zero-order chi connectivity index (χ0) is 22.7. The van der Waals surface area contributed by atoms with Gasteiger partial charge in [-0.05, 0) is 54.9 Å². The van der Waals surface area contributed by atoms with Crippen molar-refractivity contribution < 1.29 is 31.1 Å². The quantitative estimate of drug-likeness (QED) is 0.309. The molecule has 0 aromatic heterocycles. The number of carbonyl (C=O) groups is 1. The van der Waals surface area contributed by atoms with Gasteiger partial charge < -0.3 is 22.2 Å². The van der Waals surface area contributed by atoms with E-state index in [2.05, 4.69) is 5.32 Å². The van der Waals surface area contributed by atoms with Crippen LogP contribution in [0.3, 0.4) is 0 Å². The number of nitrogens with one attached hydrogen (secondary N) is 2. The molecule has 5 nitrogen and oxygen atoms in total. The molecule has 0 fully saturated rings. The van der Waals surface area contributed by atoms with E-state index in [1.165, 1.54) is 18.2 Å². The van der Waals surface area contributed by atoms with Crippen molar-refractivity contribution in [2.24, 2.45) is 5.73 Å². The van der Waals surface area contributed by atoms with Crippen molar-refractivity contribution in [3.05, 3.63) is 58.7 Å². The maximum atomic E-state index is 13.1. The predicted octanol–water partition coefficient (Wildman–Crippen LogP) is 4.38. The Hall–Kier alpha value is -3.08. The predicted molar refractivity (Wildman–Crippen MR) is 100 cm³/mol. The Morgan fingerprint density at radius 2 is 1.60 bits per heavy atom. The molecule has 0 heterocycles. The number of alkyl halides is 6. The first-order valence-electron chi connectivity index (χ1n) is 8.57. The van der Waals surface area contributed by atoms with E-state index < -0.39 is 40.9 Å². The van der Waals surface area contributed by atoms with Gasteiger partial charge in [0.25, 0.3) is 0 Å². The molecule has 162 valence electrons. The van der Waals surface area contributed by atoms with Crippen molar-refractivity contribution in [1.82, 2.24) is 0 Å². The molecule has 2 aromatic carbocycles. The van der Waals surface area contributed by atoms with Crippen LogP contribution in [-0.4, -0.2) is 18.7 Å². The van der Waals surface area contributed by atoms with E-state index >= 15 is 0 Å². The lowest BCUT2D eigenvalue weighted by atomic mass is 9.91. The Morgan fingerprint density at radius 3 is 2.07 bits per heavy atom. The molecule has 30 heavy (non-hydrogen) atoms. The number of anilines is 2. The first-order chi connectivity index (χ1) is 13.9. The first-order valence-corrected chi connectivity index (χ1v) is 8.57. The first kappa shape index (κ1) is 23.2. The van der Waals surface area contributed by atoms with Gasteiger partial charge in [-0.25, -0.2) is 0 Å². The summed E-state index contributed by atoms with van der Waals surface area (Å²) in [5, 5.41) is 9.69. The van der Waals surface area contributed by atoms with E-state index in [-0.39, 0.29) is 36.0 Å². The highest BCUT2D eigenvalue weighted by atomic mass is 19.4. The molecule has 1 amide bonds. The van der Waals surface area contributed by atoms with Gasteiger partial charge in [0.1, 0.15) is 0 Å². The lowest BCUT2D eigenvalue weighted by Crippen LogP contribution is -2.25. The van der Waals surface area contributed by atoms with Crippen molar-refractivity contribution in [3.8, 4) is 0 Å². The SMILES string of the molecule is N=Cc1cc(NC(=O)C(CCN)c2cc(C(F)(F)F)cc(C(F)(F)F)c2)ccc1N. The van der Waals surface area contributed by atoms with Crippen LogP contribution < -0.4 is 16.8 Å². The summed E-state index contributed by atoms with van der Waals surface area (Å²) in [5.41, 5.74) is 8.32. The summed E-state index contributed by atoms with van der Waals surface area (Å²) in [5.74, 6) is -2.20. The molecule has 6 N–H and O–H groups in total. The van der Waals surface area contributed by atoms with Crippen LogP contribution in [0.25, 0.3) is 0 Å². The van der Waals surface area contributed by atoms with Crippen molar-refractivity contribution in [2.45, 2.75) is 24.7 Å². The van der Waals surface area contributed by atoms with Crippen LogP contribution in [0.15, 0.2) is 36.4 Å². The molecular formula is C19H18F6N4O. The van der Waals surface area contributed by atoms with Gasteiger partial charge in [-0.3, -0.25) is 4.79 Å². The maximum absolute atomic E-state index is 13.1. The monoisotopic (exact) mass is 432 g/mol. The molecule has 0 aliphatic heterocycles. The Balaban J connectivity index is 2.48. The van der Waals surface area contributed by atoms with Gasteiger partial charge in [-0.15, -0.1) is 0 Å². The summed E-state index contributed by atoms with van der Waals surface area (Å²) in [4.78, 5) is 12.7. The Labute approximate surface area is 167 Å². The highest BCUT2D eigenvalue weighted by molar-refractivity contribution is 5.97. The number of hydrogen-bond acceptors (Lipinski definition) is 4. The third kappa shape index (κ3) is 5.50. The zero-order valence-electron chi connectivity index (χ0n) is 15.4. The molecular weight excluding hydrogens is 414 g/mol. The summed E-state index contributed by atoms with van der Waals surface area (Å²) in [6.45, 7) is -0.150. The molecule has 1 unspecified atom stereocenters. The van der Waals surface area contributed by atoms with Crippen molar-refractivity contribution in [2.75, 3.05) is 17.6 Å². The number of carbonyl (C=O) groups excluding carboxylic acids is 1. The third-order valence-electron chi connectivity index (χ3n) is 4.29. The summed E-state index contributed by atoms with van der Waals surface area (Å²) in [6.07, 6.45) is -9.31. The largest absolute Gasteiger partial charge is 0.416 e. The lowest BCUT2D eigenvalue weighted by Gasteiger charge is -2.20. The van der Waals surface area contributed by atoms with Gasteiger partial charge in [0, 0.05) is 23.2 Å². The molecule has 2 rings (SSSR count). The molecule has 0 saturated heterocycles. The van der Waals surface area contributed by atoms with Crippen LogP contribution in [0, 0.1) is 5.41 Å². The van der Waals surface area contributed by atoms with Crippen LogP contribution in [0.1, 0.15) is 34.6 Å². The molecule has 0 aliphatic carbocycles. The summed E-state index contributed by atoms with van der Waals surface area (Å²) < 4.78 is 78.8. The fourth-order valence-corrected chi connectivity index (χ4v) is 2.80. The maximum Gasteiger partial charge on any atom is 0.416 e. The van der Waals surface area contributed by atoms with Crippen molar-refractivity contribution >= 4 is 23.5 Å². The summed E-state index contributed by atoms with van der Waals surface area (Å²) in [6, 6.07) is 5.18. The smallest absolute Gasteiger partial charge is 0.398 e. The van der Waals surface area contributed by atoms with Crippen LogP contribution in [0.5, 0.6) is 0 Å². The molecule has 11 heteroatoms. The second kappa shape index (κ2) is 8.74. The lowest BCUT2D eigenvalue weighted by molar-refractivity contribution is -0.143. The number of hydrogen-bond donors (Lipinski definition) is 4. The van der Waals surface area contributed by atoms with E-state index in [4.69, 9.17) is 16.9 Å². The number of nitrogen functional groups attached to an aromatic ring is 1. The van der Waals surface area contributed by atoms with E-state index in [1.54, 1.807) is 0 Å². The minimum atomic E-state index is -5.03. The minimum absolute atomic E-state index is 0.00274. The fraction of sp³-hybridized carbons (Fsp3) is 0.263. The summed E-state index contributed by atoms with van der Waals surface area (Å²) in [7, 11) is 0. The van der Waals surface area contributed by atoms with E-state index in [9.17, 15) is 31.1 Å².